The van der Waals surface area contributed by atoms with Gasteiger partial charge in [-0.3, -0.25) is 9.78 Å². The van der Waals surface area contributed by atoms with E-state index in [2.05, 4.69) is 11.1 Å². The first-order valence-electron chi connectivity index (χ1n) is 7.58. The highest BCUT2D eigenvalue weighted by Gasteiger charge is 2.15. The lowest BCUT2D eigenvalue weighted by Gasteiger charge is -2.20. The fraction of sp³-hybridized carbons (Fsp3) is 0.333. The SMILES string of the molecule is CN(CCc1cccnc1)C(=O)c1ccc2c(c1)COCC2. The highest BCUT2D eigenvalue weighted by atomic mass is 16.5. The average Bonchev–Trinajstić information content (AvgIpc) is 2.59. The summed E-state index contributed by atoms with van der Waals surface area (Å²) < 4.78 is 5.46. The second-order valence-electron chi connectivity index (χ2n) is 5.62. The molecular weight excluding hydrogens is 276 g/mol. The Balaban J connectivity index is 1.65. The molecule has 1 aromatic heterocycles. The van der Waals surface area contributed by atoms with Crippen LogP contribution >= 0.6 is 0 Å². The van der Waals surface area contributed by atoms with Gasteiger partial charge in [-0.15, -0.1) is 0 Å². The molecule has 1 aliphatic heterocycles. The number of carbonyl (C=O) groups is 1. The third kappa shape index (κ3) is 3.34. The highest BCUT2D eigenvalue weighted by molar-refractivity contribution is 5.94. The Morgan fingerprint density at radius 3 is 3.05 bits per heavy atom. The van der Waals surface area contributed by atoms with Gasteiger partial charge in [0.05, 0.1) is 13.2 Å². The predicted octanol–water partition coefficient (Wildman–Crippen LogP) is 2.47. The fourth-order valence-electron chi connectivity index (χ4n) is 2.67. The molecule has 0 spiro atoms. The van der Waals surface area contributed by atoms with Crippen LogP contribution in [0.4, 0.5) is 0 Å². The molecule has 0 saturated carbocycles. The molecule has 1 amide bonds. The lowest BCUT2D eigenvalue weighted by atomic mass is 10.00. The number of carbonyl (C=O) groups excluding carboxylic acids is 1. The van der Waals surface area contributed by atoms with Crippen molar-refractivity contribution in [2.75, 3.05) is 20.2 Å². The highest BCUT2D eigenvalue weighted by Crippen LogP contribution is 2.19. The zero-order chi connectivity index (χ0) is 15.4. The van der Waals surface area contributed by atoms with Crippen LogP contribution in [0.3, 0.4) is 0 Å². The average molecular weight is 296 g/mol. The first-order chi connectivity index (χ1) is 10.7. The number of pyridine rings is 1. The quantitative estimate of drug-likeness (QED) is 0.870. The van der Waals surface area contributed by atoms with Gasteiger partial charge in [0.15, 0.2) is 0 Å². The summed E-state index contributed by atoms with van der Waals surface area (Å²) in [6.07, 6.45) is 5.34. The molecule has 1 aliphatic rings. The summed E-state index contributed by atoms with van der Waals surface area (Å²) in [6, 6.07) is 9.90. The summed E-state index contributed by atoms with van der Waals surface area (Å²) in [5.41, 5.74) is 4.30. The number of rotatable bonds is 4. The maximum atomic E-state index is 12.5. The molecule has 1 aromatic carbocycles. The topological polar surface area (TPSA) is 42.4 Å². The van der Waals surface area contributed by atoms with E-state index in [0.29, 0.717) is 13.2 Å². The van der Waals surface area contributed by atoms with Gasteiger partial charge in [0, 0.05) is 31.5 Å². The van der Waals surface area contributed by atoms with E-state index in [1.54, 1.807) is 11.1 Å². The van der Waals surface area contributed by atoms with E-state index in [1.165, 1.54) is 5.56 Å². The van der Waals surface area contributed by atoms with Crippen molar-refractivity contribution in [2.45, 2.75) is 19.4 Å². The predicted molar refractivity (Wildman–Crippen MR) is 84.7 cm³/mol. The van der Waals surface area contributed by atoms with Crippen LogP contribution in [0.1, 0.15) is 27.0 Å². The Hall–Kier alpha value is -2.20. The van der Waals surface area contributed by atoms with Gasteiger partial charge >= 0.3 is 0 Å². The van der Waals surface area contributed by atoms with Gasteiger partial charge in [-0.1, -0.05) is 12.1 Å². The largest absolute Gasteiger partial charge is 0.376 e. The van der Waals surface area contributed by atoms with Crippen LogP contribution in [-0.2, 0) is 24.2 Å². The van der Waals surface area contributed by atoms with Crippen molar-refractivity contribution < 1.29 is 9.53 Å². The monoisotopic (exact) mass is 296 g/mol. The number of ether oxygens (including phenoxy) is 1. The van der Waals surface area contributed by atoms with Gasteiger partial charge in [-0.25, -0.2) is 0 Å². The minimum absolute atomic E-state index is 0.0530. The van der Waals surface area contributed by atoms with Crippen LogP contribution in [0.15, 0.2) is 42.7 Å². The van der Waals surface area contributed by atoms with Gasteiger partial charge in [0.2, 0.25) is 0 Å². The van der Waals surface area contributed by atoms with E-state index >= 15 is 0 Å². The van der Waals surface area contributed by atoms with Crippen molar-refractivity contribution in [3.8, 4) is 0 Å². The molecule has 0 aliphatic carbocycles. The van der Waals surface area contributed by atoms with Crippen molar-refractivity contribution in [3.63, 3.8) is 0 Å². The molecular formula is C18H20N2O2. The van der Waals surface area contributed by atoms with Crippen LogP contribution < -0.4 is 0 Å². The van der Waals surface area contributed by atoms with Crippen LogP contribution in [0.25, 0.3) is 0 Å². The molecule has 3 rings (SSSR count). The van der Waals surface area contributed by atoms with E-state index in [1.807, 2.05) is 37.5 Å². The normalized spacial score (nSPS) is 13.5. The third-order valence-corrected chi connectivity index (χ3v) is 4.03. The van der Waals surface area contributed by atoms with Crippen LogP contribution in [0.5, 0.6) is 0 Å². The Labute approximate surface area is 130 Å². The molecule has 4 nitrogen and oxygen atoms in total. The molecule has 0 fully saturated rings. The Bertz CT molecular complexity index is 655. The number of aromatic nitrogens is 1. The van der Waals surface area contributed by atoms with Gasteiger partial charge < -0.3 is 9.64 Å². The number of likely N-dealkylation sites (N-methyl/N-ethyl adjacent to an activating group) is 1. The molecule has 0 bridgehead atoms. The summed E-state index contributed by atoms with van der Waals surface area (Å²) in [4.78, 5) is 18.4. The van der Waals surface area contributed by atoms with Crippen LogP contribution in [0, 0.1) is 0 Å². The van der Waals surface area contributed by atoms with Gasteiger partial charge in [-0.2, -0.15) is 0 Å². The van der Waals surface area contributed by atoms with Crippen molar-refractivity contribution in [3.05, 3.63) is 65.0 Å². The molecule has 2 heterocycles. The molecule has 22 heavy (non-hydrogen) atoms. The van der Waals surface area contributed by atoms with Crippen molar-refractivity contribution >= 4 is 5.91 Å². The lowest BCUT2D eigenvalue weighted by Crippen LogP contribution is -2.29. The smallest absolute Gasteiger partial charge is 0.253 e. The number of fused-ring (bicyclic) bond motifs is 1. The van der Waals surface area contributed by atoms with Crippen molar-refractivity contribution in [2.24, 2.45) is 0 Å². The molecule has 0 N–H and O–H groups in total. The molecule has 114 valence electrons. The van der Waals surface area contributed by atoms with Crippen molar-refractivity contribution in [1.29, 1.82) is 0 Å². The zero-order valence-electron chi connectivity index (χ0n) is 12.8. The Morgan fingerprint density at radius 1 is 1.32 bits per heavy atom. The standard InChI is InChI=1S/C18H20N2O2/c1-20(9-6-14-3-2-8-19-12-14)18(21)16-5-4-15-7-10-22-13-17(15)11-16/h2-5,8,11-12H,6-7,9-10,13H2,1H3. The summed E-state index contributed by atoms with van der Waals surface area (Å²) in [5.74, 6) is 0.0530. The summed E-state index contributed by atoms with van der Waals surface area (Å²) in [7, 11) is 1.84. The first-order valence-corrected chi connectivity index (χ1v) is 7.58. The molecule has 0 radical (unpaired) electrons. The summed E-state index contributed by atoms with van der Waals surface area (Å²) >= 11 is 0. The minimum Gasteiger partial charge on any atom is -0.376 e. The number of hydrogen-bond acceptors (Lipinski definition) is 3. The third-order valence-electron chi connectivity index (χ3n) is 4.03. The number of benzene rings is 1. The van der Waals surface area contributed by atoms with Crippen LogP contribution in [0.2, 0.25) is 0 Å². The van der Waals surface area contributed by atoms with E-state index in [0.717, 1.165) is 36.1 Å². The Kier molecular flexibility index (Phi) is 4.49. The maximum Gasteiger partial charge on any atom is 0.253 e. The second kappa shape index (κ2) is 6.71. The molecule has 4 heteroatoms. The number of nitrogens with zero attached hydrogens (tertiary/aromatic N) is 2. The molecule has 0 atom stereocenters. The number of hydrogen-bond donors (Lipinski definition) is 0. The minimum atomic E-state index is 0.0530. The Morgan fingerprint density at radius 2 is 2.23 bits per heavy atom. The van der Waals surface area contributed by atoms with Gasteiger partial charge in [-0.05, 0) is 47.7 Å². The van der Waals surface area contributed by atoms with Crippen molar-refractivity contribution in [1.82, 2.24) is 9.88 Å². The summed E-state index contributed by atoms with van der Waals surface area (Å²) in [6.45, 7) is 2.05. The molecule has 0 unspecified atom stereocenters. The zero-order valence-corrected chi connectivity index (χ0v) is 12.8. The van der Waals surface area contributed by atoms with E-state index < -0.39 is 0 Å². The lowest BCUT2D eigenvalue weighted by molar-refractivity contribution is 0.0795. The first kappa shape index (κ1) is 14.7. The molecule has 0 saturated heterocycles. The second-order valence-corrected chi connectivity index (χ2v) is 5.62. The maximum absolute atomic E-state index is 12.5. The van der Waals surface area contributed by atoms with Crippen LogP contribution in [-0.4, -0.2) is 36.0 Å². The van der Waals surface area contributed by atoms with Gasteiger partial charge in [0.1, 0.15) is 0 Å². The van der Waals surface area contributed by atoms with E-state index in [4.69, 9.17) is 4.74 Å². The fourth-order valence-corrected chi connectivity index (χ4v) is 2.67. The number of amides is 1. The molecule has 2 aromatic rings. The summed E-state index contributed by atoms with van der Waals surface area (Å²) in [5, 5.41) is 0. The van der Waals surface area contributed by atoms with E-state index in [-0.39, 0.29) is 5.91 Å². The van der Waals surface area contributed by atoms with Gasteiger partial charge in [0.25, 0.3) is 5.91 Å². The van der Waals surface area contributed by atoms with E-state index in [9.17, 15) is 4.79 Å².